The second-order valence-electron chi connectivity index (χ2n) is 14.8. The van der Waals surface area contributed by atoms with Crippen LogP contribution < -0.4 is 14.6 Å². The third-order valence-electron chi connectivity index (χ3n) is 9.79. The maximum atomic E-state index is 12.0. The van der Waals surface area contributed by atoms with Gasteiger partial charge in [-0.3, -0.25) is 4.55 Å². The van der Waals surface area contributed by atoms with Crippen molar-refractivity contribution in [1.29, 1.82) is 0 Å². The van der Waals surface area contributed by atoms with Crippen molar-refractivity contribution >= 4 is 58.0 Å². The Morgan fingerprint density at radius 1 is 0.525 bits per heavy atom. The molecule has 13 heteroatoms. The van der Waals surface area contributed by atoms with Gasteiger partial charge in [0.2, 0.25) is 0 Å². The van der Waals surface area contributed by atoms with E-state index >= 15 is 0 Å². The Hall–Kier alpha value is -2.84. The van der Waals surface area contributed by atoms with Crippen molar-refractivity contribution in [1.82, 2.24) is 0 Å². The molecule has 0 atom stereocenters. The summed E-state index contributed by atoms with van der Waals surface area (Å²) in [5.74, 6) is 0.247. The number of aryl methyl sites for hydroxylation is 2. The second kappa shape index (κ2) is 28.6. The molecule has 4 aromatic rings. The summed E-state index contributed by atoms with van der Waals surface area (Å²) in [5.41, 5.74) is 1.04. The normalized spacial score (nSPS) is 11.3. The van der Waals surface area contributed by atoms with Gasteiger partial charge in [0.05, 0.1) is 4.90 Å². The van der Waals surface area contributed by atoms with Crippen LogP contribution >= 0.6 is 0 Å². The summed E-state index contributed by atoms with van der Waals surface area (Å²) in [6.07, 6.45) is 22.1. The number of hydrogen-bond acceptors (Lipinski definition) is 9. The van der Waals surface area contributed by atoms with E-state index in [0.29, 0.717) is 35.5 Å². The van der Waals surface area contributed by atoms with E-state index in [1.807, 2.05) is 12.1 Å². The summed E-state index contributed by atoms with van der Waals surface area (Å²) < 4.78 is 79.9. The first-order chi connectivity index (χ1) is 27.8. The minimum Gasteiger partial charge on any atom is -0.872 e. The van der Waals surface area contributed by atoms with Gasteiger partial charge in [0.1, 0.15) is 38.0 Å². The minimum absolute atomic E-state index is 0. The van der Waals surface area contributed by atoms with Gasteiger partial charge < -0.3 is 24.2 Å². The fourth-order valence-corrected chi connectivity index (χ4v) is 8.06. The molecule has 10 nitrogen and oxygen atoms in total. The van der Waals surface area contributed by atoms with Crippen LogP contribution in [0.15, 0.2) is 94.7 Å². The molecule has 4 aromatic carbocycles. The van der Waals surface area contributed by atoms with Crippen LogP contribution in [-0.4, -0.2) is 68.8 Å². The van der Waals surface area contributed by atoms with Crippen molar-refractivity contribution in [3.63, 3.8) is 0 Å². The molecule has 0 aromatic heterocycles. The largest absolute Gasteiger partial charge is 2.00 e. The van der Waals surface area contributed by atoms with Crippen molar-refractivity contribution in [2.45, 2.75) is 152 Å². The number of phenols is 1. The predicted molar refractivity (Wildman–Crippen MR) is 232 cm³/mol. The van der Waals surface area contributed by atoms with Gasteiger partial charge in [-0.05, 0) is 73.2 Å². The Kier molecular flexibility index (Phi) is 25.4. The molecule has 0 saturated heterocycles. The topological polar surface area (TPSA) is 173 Å². The van der Waals surface area contributed by atoms with Crippen molar-refractivity contribution in [3.05, 3.63) is 96.1 Å². The average Bonchev–Trinajstić information content (AvgIpc) is 3.18. The molecular formula is C46H62CaO10S2. The summed E-state index contributed by atoms with van der Waals surface area (Å²) in [7, 11) is -9.36. The molecule has 0 aliphatic carbocycles. The Morgan fingerprint density at radius 3 is 1.29 bits per heavy atom. The van der Waals surface area contributed by atoms with Gasteiger partial charge in [0, 0.05) is 6.07 Å². The van der Waals surface area contributed by atoms with Gasteiger partial charge in [-0.2, -0.15) is 8.42 Å². The van der Waals surface area contributed by atoms with E-state index in [-0.39, 0.29) is 55.0 Å². The minimum atomic E-state index is -4.82. The van der Waals surface area contributed by atoms with Crippen LogP contribution in [0.3, 0.4) is 0 Å². The molecular weight excluding hydrogens is 817 g/mol. The third kappa shape index (κ3) is 20.5. The smallest absolute Gasteiger partial charge is 0.872 e. The maximum Gasteiger partial charge on any atom is 2.00 e. The molecule has 0 fully saturated rings. The summed E-state index contributed by atoms with van der Waals surface area (Å²) in [6.45, 7) is 4.42. The van der Waals surface area contributed by atoms with Crippen LogP contribution in [-0.2, 0) is 33.1 Å². The van der Waals surface area contributed by atoms with Gasteiger partial charge in [0.25, 0.3) is 10.1 Å². The number of aromatic hydroxyl groups is 1. The molecule has 0 saturated carbocycles. The van der Waals surface area contributed by atoms with Crippen LogP contribution in [0.5, 0.6) is 34.5 Å². The van der Waals surface area contributed by atoms with Crippen molar-refractivity contribution in [2.75, 3.05) is 0 Å². The average molecular weight is 879 g/mol. The standard InChI is InChI=1S/2C23H32O5S.Ca/c2*1-2-3-4-5-6-7-8-9-11-14-19-17-20(24)18-22(29(25,26)27)23(19)28-21-15-12-10-13-16-21;/h2*10,12-13,15-18,24H,2-9,11,14H2,1H3,(H,25,26,27);/q;;+2/p-2. The Bertz CT molecular complexity index is 1850. The van der Waals surface area contributed by atoms with Crippen LogP contribution in [0, 0.1) is 0 Å². The summed E-state index contributed by atoms with van der Waals surface area (Å²) >= 11 is 0. The van der Waals surface area contributed by atoms with Crippen molar-refractivity contribution in [2.24, 2.45) is 0 Å². The number of benzene rings is 4. The fraction of sp³-hybridized carbons (Fsp3) is 0.478. The molecule has 59 heavy (non-hydrogen) atoms. The number of phenolic OH excluding ortho intramolecular Hbond substituents is 1. The summed E-state index contributed by atoms with van der Waals surface area (Å²) in [5, 5.41) is 21.9. The quantitative estimate of drug-likeness (QED) is 0.0351. The van der Waals surface area contributed by atoms with Gasteiger partial charge in [-0.15, -0.1) is 5.75 Å². The second-order valence-corrected chi connectivity index (χ2v) is 17.5. The van der Waals surface area contributed by atoms with Crippen LogP contribution in [0.1, 0.15) is 141 Å². The SMILES string of the molecule is CCCCCCCCCCCc1cc(O)cc(S(=O)(=O)O)c1Oc1ccccc1.CCCCCCCCCCCc1cc([O-])cc(S(=O)(=O)[O-])c1Oc1ccccc1.[Ca+2]. The number of rotatable bonds is 26. The molecule has 0 spiro atoms. The molecule has 0 aliphatic rings. The molecule has 0 heterocycles. The molecule has 2 N–H and O–H groups in total. The Balaban J connectivity index is 0.000000400. The first-order valence-corrected chi connectivity index (χ1v) is 23.8. The fourth-order valence-electron chi connectivity index (χ4n) is 6.72. The zero-order valence-electron chi connectivity index (χ0n) is 34.9. The summed E-state index contributed by atoms with van der Waals surface area (Å²) in [6, 6.07) is 22.2. The van der Waals surface area contributed by atoms with Crippen molar-refractivity contribution < 1.29 is 45.6 Å². The molecule has 0 unspecified atom stereocenters. The zero-order valence-corrected chi connectivity index (χ0v) is 38.8. The first-order valence-electron chi connectivity index (χ1n) is 20.9. The van der Waals surface area contributed by atoms with Gasteiger partial charge in [0.15, 0.2) is 5.75 Å². The molecule has 4 rings (SSSR count). The van der Waals surface area contributed by atoms with E-state index in [0.717, 1.165) is 50.7 Å². The van der Waals surface area contributed by atoms with Crippen molar-refractivity contribution in [3.8, 4) is 34.5 Å². The van der Waals surface area contributed by atoms with Crippen LogP contribution in [0.4, 0.5) is 0 Å². The number of hydrogen-bond donors (Lipinski definition) is 2. The number of para-hydroxylation sites is 2. The Morgan fingerprint density at radius 2 is 0.898 bits per heavy atom. The molecule has 0 radical (unpaired) electrons. The van der Waals surface area contributed by atoms with E-state index in [1.54, 1.807) is 48.5 Å². The van der Waals surface area contributed by atoms with E-state index in [4.69, 9.17) is 9.47 Å². The number of ether oxygens (including phenoxy) is 2. The molecule has 0 amide bonds. The predicted octanol–water partition coefficient (Wildman–Crippen LogP) is 11.7. The first kappa shape index (κ1) is 52.3. The summed E-state index contributed by atoms with van der Waals surface area (Å²) in [4.78, 5) is -0.993. The van der Waals surface area contributed by atoms with Gasteiger partial charge in [-0.25, -0.2) is 8.42 Å². The zero-order chi connectivity index (χ0) is 42.2. The maximum absolute atomic E-state index is 12.0. The molecule has 320 valence electrons. The van der Waals surface area contributed by atoms with Gasteiger partial charge in [-0.1, -0.05) is 159 Å². The van der Waals surface area contributed by atoms with E-state index in [9.17, 15) is 36.2 Å². The number of unbranched alkanes of at least 4 members (excludes halogenated alkanes) is 16. The van der Waals surface area contributed by atoms with E-state index in [1.165, 1.54) is 89.2 Å². The van der Waals surface area contributed by atoms with Gasteiger partial charge >= 0.3 is 37.7 Å². The van der Waals surface area contributed by atoms with Crippen LogP contribution in [0.2, 0.25) is 0 Å². The molecule has 0 bridgehead atoms. The monoisotopic (exact) mass is 878 g/mol. The van der Waals surface area contributed by atoms with E-state index in [2.05, 4.69) is 13.8 Å². The molecule has 0 aliphatic heterocycles. The third-order valence-corrected chi connectivity index (χ3v) is 11.5. The van der Waals surface area contributed by atoms with Crippen LogP contribution in [0.25, 0.3) is 0 Å². The Labute approximate surface area is 383 Å². The van der Waals surface area contributed by atoms with E-state index < -0.39 is 35.8 Å².